The van der Waals surface area contributed by atoms with Crippen molar-refractivity contribution in [2.75, 3.05) is 13.4 Å². The van der Waals surface area contributed by atoms with Crippen LogP contribution in [0.3, 0.4) is 0 Å². The van der Waals surface area contributed by atoms with Crippen LogP contribution in [0.25, 0.3) is 0 Å². The number of benzene rings is 2. The molecule has 0 unspecified atom stereocenters. The van der Waals surface area contributed by atoms with Gasteiger partial charge in [0.15, 0.2) is 20.4 Å². The van der Waals surface area contributed by atoms with E-state index in [0.29, 0.717) is 25.9 Å². The predicted molar refractivity (Wildman–Crippen MR) is 210 cm³/mol. The first-order chi connectivity index (χ1) is 23.2. The minimum atomic E-state index is -2.85. The summed E-state index contributed by atoms with van der Waals surface area (Å²) < 4.78 is 41.4. The van der Waals surface area contributed by atoms with Crippen LogP contribution in [0, 0.1) is 0 Å². The van der Waals surface area contributed by atoms with Crippen LogP contribution in [0.15, 0.2) is 73.3 Å². The van der Waals surface area contributed by atoms with Crippen molar-refractivity contribution in [1.82, 2.24) is 0 Å². The van der Waals surface area contributed by atoms with E-state index < -0.39 is 36.8 Å². The Kier molecular flexibility index (Phi) is 14.3. The summed E-state index contributed by atoms with van der Waals surface area (Å²) in [5.41, 5.74) is 0. The summed E-state index contributed by atoms with van der Waals surface area (Å²) in [4.78, 5) is 0. The minimum absolute atomic E-state index is 0.0467. The third kappa shape index (κ3) is 10.4. The molecule has 2 aliphatic rings. The molecular weight excluding hydrogens is 661 g/mol. The zero-order chi connectivity index (χ0) is 35.8. The molecule has 9 heteroatoms. The van der Waals surface area contributed by atoms with Gasteiger partial charge in [-0.1, -0.05) is 128 Å². The molecule has 0 aliphatic carbocycles. The van der Waals surface area contributed by atoms with Gasteiger partial charge in [0.05, 0.1) is 18.3 Å². The molecule has 0 saturated carbocycles. The second kappa shape index (κ2) is 17.4. The van der Waals surface area contributed by atoms with Gasteiger partial charge in [-0.3, -0.25) is 0 Å². The first-order valence-electron chi connectivity index (χ1n) is 18.8. The van der Waals surface area contributed by atoms with E-state index in [1.807, 2.05) is 6.08 Å². The quantitative estimate of drug-likeness (QED) is 0.0702. The fraction of sp³-hybridized carbons (Fsp3) is 0.650. The third-order valence-corrected chi connectivity index (χ3v) is 22.2. The van der Waals surface area contributed by atoms with Crippen molar-refractivity contribution in [3.63, 3.8) is 0 Å². The molecule has 0 bridgehead atoms. The molecule has 274 valence electrons. The van der Waals surface area contributed by atoms with Crippen molar-refractivity contribution in [3.8, 4) is 0 Å². The van der Waals surface area contributed by atoms with Gasteiger partial charge in [0.1, 0.15) is 6.79 Å². The summed E-state index contributed by atoms with van der Waals surface area (Å²) in [7, 11) is -5.95. The van der Waals surface area contributed by atoms with Crippen LogP contribution in [-0.2, 0) is 27.8 Å². The SMILES string of the molecule is C=CC[C@@H]1C[C@H](O[Si](CC)(CC)CC)C[C@@]2(C[C@@H](O[Si](c3ccccc3)(c3ccccc3)C(C)(C)C)C[C@H](OCOCC[Si](C)(C)C)O2)O1. The average molecular weight is 727 g/mol. The zero-order valence-electron chi connectivity index (χ0n) is 32.1. The van der Waals surface area contributed by atoms with Crippen LogP contribution in [0.1, 0.15) is 73.6 Å². The molecule has 0 N–H and O–H groups in total. The second-order valence-electron chi connectivity index (χ2n) is 16.5. The standard InChI is InChI=1S/C40H66O6Si3/c1-11-21-33-28-34(45-48(12-2,13-3)14-4)30-40(43-33)31-35(29-38(44-40)42-32-41-26-27-47(8,9)10)46-49(39(5,6)7,36-22-17-15-18-23-36)37-24-19-16-20-25-37/h11,15-20,22-25,33-35,38H,1,12-14,21,26-32H2,2-10H3/t33-,34+,35+,38-,40-/m1/s1. The van der Waals surface area contributed by atoms with Crippen LogP contribution in [0.4, 0.5) is 0 Å². The Morgan fingerprint density at radius 2 is 1.37 bits per heavy atom. The molecule has 2 aromatic rings. The van der Waals surface area contributed by atoms with E-state index >= 15 is 0 Å². The van der Waals surface area contributed by atoms with Gasteiger partial charge in [0.25, 0.3) is 8.32 Å². The van der Waals surface area contributed by atoms with Gasteiger partial charge in [-0.15, -0.1) is 6.58 Å². The molecule has 0 amide bonds. The van der Waals surface area contributed by atoms with Gasteiger partial charge in [-0.05, 0) is 52.4 Å². The molecule has 5 atom stereocenters. The Hall–Kier alpha value is -1.41. The molecule has 1 spiro atoms. The smallest absolute Gasteiger partial charge is 0.261 e. The van der Waals surface area contributed by atoms with Crippen LogP contribution in [0.2, 0.25) is 48.9 Å². The van der Waals surface area contributed by atoms with Gasteiger partial charge in [0.2, 0.25) is 0 Å². The summed E-state index contributed by atoms with van der Waals surface area (Å²) >= 11 is 0. The highest BCUT2D eigenvalue weighted by atomic mass is 28.4. The summed E-state index contributed by atoms with van der Waals surface area (Å²) in [6.07, 6.45) is 4.73. The zero-order valence-corrected chi connectivity index (χ0v) is 35.1. The second-order valence-corrected chi connectivity index (χ2v) is 31.1. The number of rotatable bonds is 17. The molecular formula is C40H66O6Si3. The third-order valence-electron chi connectivity index (χ3n) is 10.7. The topological polar surface area (TPSA) is 55.4 Å². The Labute approximate surface area is 301 Å². The molecule has 49 heavy (non-hydrogen) atoms. The van der Waals surface area contributed by atoms with Gasteiger partial charge in [-0.2, -0.15) is 0 Å². The van der Waals surface area contributed by atoms with Gasteiger partial charge < -0.3 is 27.8 Å². The lowest BCUT2D eigenvalue weighted by Crippen LogP contribution is -2.69. The fourth-order valence-electron chi connectivity index (χ4n) is 7.78. The lowest BCUT2D eigenvalue weighted by atomic mass is 9.90. The van der Waals surface area contributed by atoms with Crippen molar-refractivity contribution in [3.05, 3.63) is 73.3 Å². The molecule has 4 rings (SSSR count). The Bertz CT molecular complexity index is 1230. The summed E-state index contributed by atoms with van der Waals surface area (Å²) in [6.45, 7) is 25.9. The van der Waals surface area contributed by atoms with Crippen LogP contribution >= 0.6 is 0 Å². The van der Waals surface area contributed by atoms with Crippen molar-refractivity contribution in [2.45, 2.75) is 153 Å². The van der Waals surface area contributed by atoms with Crippen molar-refractivity contribution in [1.29, 1.82) is 0 Å². The van der Waals surface area contributed by atoms with Crippen molar-refractivity contribution >= 4 is 35.1 Å². The van der Waals surface area contributed by atoms with E-state index in [1.165, 1.54) is 10.4 Å². The molecule has 2 saturated heterocycles. The van der Waals surface area contributed by atoms with E-state index in [1.54, 1.807) is 0 Å². The van der Waals surface area contributed by atoms with Gasteiger partial charge in [0, 0.05) is 33.9 Å². The molecule has 2 fully saturated rings. The number of hydrogen-bond acceptors (Lipinski definition) is 6. The normalized spacial score (nSPS) is 25.4. The highest BCUT2D eigenvalue weighted by molar-refractivity contribution is 6.99. The van der Waals surface area contributed by atoms with E-state index in [9.17, 15) is 0 Å². The molecule has 2 aliphatic heterocycles. The van der Waals surface area contributed by atoms with E-state index in [2.05, 4.69) is 128 Å². The maximum Gasteiger partial charge on any atom is 0.261 e. The molecule has 0 aromatic heterocycles. The van der Waals surface area contributed by atoms with Gasteiger partial charge >= 0.3 is 0 Å². The van der Waals surface area contributed by atoms with Crippen LogP contribution in [-0.4, -0.2) is 68.5 Å². The Morgan fingerprint density at radius 1 is 0.816 bits per heavy atom. The van der Waals surface area contributed by atoms with Crippen LogP contribution < -0.4 is 10.4 Å². The van der Waals surface area contributed by atoms with Crippen LogP contribution in [0.5, 0.6) is 0 Å². The maximum absolute atomic E-state index is 7.75. The molecule has 0 radical (unpaired) electrons. The Morgan fingerprint density at radius 3 is 1.86 bits per heavy atom. The largest absolute Gasteiger partial charge is 0.414 e. The van der Waals surface area contributed by atoms with E-state index in [4.69, 9.17) is 27.8 Å². The van der Waals surface area contributed by atoms with E-state index in [0.717, 1.165) is 37.0 Å². The van der Waals surface area contributed by atoms with Gasteiger partial charge in [-0.25, -0.2) is 0 Å². The molecule has 6 nitrogen and oxygen atoms in total. The predicted octanol–water partition coefficient (Wildman–Crippen LogP) is 9.24. The monoisotopic (exact) mass is 726 g/mol. The lowest BCUT2D eigenvalue weighted by molar-refractivity contribution is -0.379. The summed E-state index contributed by atoms with van der Waals surface area (Å²) in [6, 6.07) is 26.2. The van der Waals surface area contributed by atoms with E-state index in [-0.39, 0.29) is 30.1 Å². The summed E-state index contributed by atoms with van der Waals surface area (Å²) in [5.74, 6) is -0.900. The highest BCUT2D eigenvalue weighted by Gasteiger charge is 2.56. The van der Waals surface area contributed by atoms with Crippen molar-refractivity contribution < 1.29 is 27.8 Å². The minimum Gasteiger partial charge on any atom is -0.414 e. The number of hydrogen-bond donors (Lipinski definition) is 0. The fourth-order valence-corrected chi connectivity index (χ4v) is 16.1. The van der Waals surface area contributed by atoms with Crippen molar-refractivity contribution in [2.24, 2.45) is 0 Å². The lowest BCUT2D eigenvalue weighted by Gasteiger charge is -2.53. The maximum atomic E-state index is 7.75. The summed E-state index contributed by atoms with van der Waals surface area (Å²) in [5, 5.41) is 2.37. The molecule has 2 heterocycles. The Balaban J connectivity index is 1.73. The highest BCUT2D eigenvalue weighted by Crippen LogP contribution is 2.46. The number of ether oxygens (including phenoxy) is 4. The molecule has 2 aromatic carbocycles. The first-order valence-corrected chi connectivity index (χ1v) is 27.0. The first kappa shape index (κ1) is 40.4. The average Bonchev–Trinajstić information content (AvgIpc) is 3.05.